The number of aliphatic hydroxyl groups is 1. The number of aryl methyl sites for hydroxylation is 2. The number of non-ortho nitro benzene ring substituents is 1. The fraction of sp³-hybridized carbons (Fsp3) is 0.125. The summed E-state index contributed by atoms with van der Waals surface area (Å²) < 4.78 is 19.6. The van der Waals surface area contributed by atoms with Gasteiger partial charge in [0.2, 0.25) is 0 Å². The fourth-order valence-electron chi connectivity index (χ4n) is 4.11. The van der Waals surface area contributed by atoms with Crippen LogP contribution in [0.5, 0.6) is 0 Å². The number of furan rings is 1. The van der Waals surface area contributed by atoms with Crippen LogP contribution < -0.4 is 4.90 Å². The zero-order valence-electron chi connectivity index (χ0n) is 18.3. The highest BCUT2D eigenvalue weighted by atomic mass is 32.1. The van der Waals surface area contributed by atoms with E-state index in [9.17, 15) is 29.2 Å². The SMILES string of the molecule is Cc1cc(C(=O)C2=C(O)C(=O)N(c3nc4ccc([N+](=O)[O-])cc4s3)C2c2ccc(F)cc2)c(C)o1. The molecule has 0 saturated carbocycles. The third-order valence-electron chi connectivity index (χ3n) is 5.70. The number of benzene rings is 2. The van der Waals surface area contributed by atoms with Gasteiger partial charge in [0.05, 0.1) is 32.3 Å². The van der Waals surface area contributed by atoms with Crippen LogP contribution >= 0.6 is 11.3 Å². The summed E-state index contributed by atoms with van der Waals surface area (Å²) in [5, 5.41) is 22.1. The minimum Gasteiger partial charge on any atom is -0.503 e. The van der Waals surface area contributed by atoms with Gasteiger partial charge in [-0.15, -0.1) is 0 Å². The lowest BCUT2D eigenvalue weighted by Gasteiger charge is -2.24. The van der Waals surface area contributed by atoms with E-state index in [-0.39, 0.29) is 22.0 Å². The van der Waals surface area contributed by atoms with Crippen molar-refractivity contribution in [2.45, 2.75) is 19.9 Å². The van der Waals surface area contributed by atoms with Gasteiger partial charge in [-0.3, -0.25) is 24.6 Å². The molecule has 3 heterocycles. The number of anilines is 1. The second-order valence-electron chi connectivity index (χ2n) is 7.95. The number of rotatable bonds is 5. The lowest BCUT2D eigenvalue weighted by atomic mass is 9.93. The van der Waals surface area contributed by atoms with Gasteiger partial charge in [0.1, 0.15) is 17.3 Å². The summed E-state index contributed by atoms with van der Waals surface area (Å²) in [5.74, 6) is -1.94. The van der Waals surface area contributed by atoms with Gasteiger partial charge >= 0.3 is 0 Å². The number of nitro groups is 1. The van der Waals surface area contributed by atoms with E-state index in [1.165, 1.54) is 48.5 Å². The number of fused-ring (bicyclic) bond motifs is 1. The highest BCUT2D eigenvalue weighted by molar-refractivity contribution is 7.22. The molecule has 4 aromatic rings. The Morgan fingerprint density at radius 3 is 2.54 bits per heavy atom. The Hall–Kier alpha value is -4.38. The number of hydrogen-bond donors (Lipinski definition) is 1. The van der Waals surface area contributed by atoms with Gasteiger partial charge in [-0.05, 0) is 43.7 Å². The molecule has 1 N–H and O–H groups in total. The van der Waals surface area contributed by atoms with Gasteiger partial charge in [0.15, 0.2) is 16.7 Å². The van der Waals surface area contributed by atoms with Crippen LogP contribution in [0, 0.1) is 29.8 Å². The molecule has 9 nitrogen and oxygen atoms in total. The second-order valence-corrected chi connectivity index (χ2v) is 8.96. The molecular formula is C24H16FN3O6S. The van der Waals surface area contributed by atoms with Gasteiger partial charge in [-0.2, -0.15) is 0 Å². The third kappa shape index (κ3) is 3.66. The van der Waals surface area contributed by atoms with Gasteiger partial charge in [0, 0.05) is 12.1 Å². The third-order valence-corrected chi connectivity index (χ3v) is 6.72. The van der Waals surface area contributed by atoms with Crippen molar-refractivity contribution in [2.24, 2.45) is 0 Å². The Balaban J connectivity index is 1.67. The Morgan fingerprint density at radius 2 is 1.91 bits per heavy atom. The summed E-state index contributed by atoms with van der Waals surface area (Å²) >= 11 is 0.998. The predicted octanol–water partition coefficient (Wildman–Crippen LogP) is 5.34. The van der Waals surface area contributed by atoms with Crippen LogP contribution in [0.25, 0.3) is 10.2 Å². The molecule has 176 valence electrons. The van der Waals surface area contributed by atoms with E-state index in [2.05, 4.69) is 4.98 Å². The molecule has 0 fully saturated rings. The Kier molecular flexibility index (Phi) is 5.21. The lowest BCUT2D eigenvalue weighted by molar-refractivity contribution is -0.384. The van der Waals surface area contributed by atoms with Crippen LogP contribution in [-0.4, -0.2) is 26.7 Å². The summed E-state index contributed by atoms with van der Waals surface area (Å²) in [4.78, 5) is 43.0. The van der Waals surface area contributed by atoms with Crippen molar-refractivity contribution < 1.29 is 28.4 Å². The molecule has 11 heteroatoms. The van der Waals surface area contributed by atoms with Crippen molar-refractivity contribution in [3.05, 3.63) is 98.4 Å². The number of amides is 1. The van der Waals surface area contributed by atoms with Crippen LogP contribution in [0.4, 0.5) is 15.2 Å². The Labute approximate surface area is 200 Å². The van der Waals surface area contributed by atoms with Gasteiger partial charge < -0.3 is 9.52 Å². The summed E-state index contributed by atoms with van der Waals surface area (Å²) in [7, 11) is 0. The zero-order chi connectivity index (χ0) is 25.0. The van der Waals surface area contributed by atoms with Crippen LogP contribution in [0.1, 0.15) is 33.5 Å². The number of nitrogens with zero attached hydrogens (tertiary/aromatic N) is 3. The van der Waals surface area contributed by atoms with Crippen molar-refractivity contribution in [3.8, 4) is 0 Å². The van der Waals surface area contributed by atoms with Crippen molar-refractivity contribution >= 4 is 44.1 Å². The van der Waals surface area contributed by atoms with Crippen molar-refractivity contribution in [2.75, 3.05) is 4.90 Å². The molecule has 1 unspecified atom stereocenters. The van der Waals surface area contributed by atoms with Gasteiger partial charge in [0.25, 0.3) is 11.6 Å². The molecule has 0 radical (unpaired) electrons. The Bertz CT molecular complexity index is 1570. The summed E-state index contributed by atoms with van der Waals surface area (Å²) in [5.41, 5.74) is 0.622. The van der Waals surface area contributed by atoms with E-state index in [1.54, 1.807) is 13.8 Å². The van der Waals surface area contributed by atoms with Gasteiger partial charge in [-0.25, -0.2) is 9.37 Å². The van der Waals surface area contributed by atoms with Crippen LogP contribution in [-0.2, 0) is 4.79 Å². The lowest BCUT2D eigenvalue weighted by Crippen LogP contribution is -2.31. The number of carbonyl (C=O) groups excluding carboxylic acids is 2. The standard InChI is InChI=1S/C24H16FN3O6S/c1-11-9-16(12(2)34-11)21(29)19-20(13-3-5-14(25)6-4-13)27(23(31)22(19)30)24-26-17-8-7-15(28(32)33)10-18(17)35-24/h3-10,20,30H,1-2H3. The first kappa shape index (κ1) is 22.4. The molecule has 1 amide bonds. The molecule has 0 bridgehead atoms. The van der Waals surface area contributed by atoms with E-state index in [0.29, 0.717) is 27.3 Å². The number of aliphatic hydroxyl groups excluding tert-OH is 1. The van der Waals surface area contributed by atoms with Crippen LogP contribution in [0.15, 0.2) is 64.3 Å². The zero-order valence-corrected chi connectivity index (χ0v) is 19.1. The van der Waals surface area contributed by atoms with Crippen molar-refractivity contribution in [3.63, 3.8) is 0 Å². The van der Waals surface area contributed by atoms with E-state index >= 15 is 0 Å². The largest absolute Gasteiger partial charge is 0.503 e. The number of carbonyl (C=O) groups is 2. The number of halogens is 1. The van der Waals surface area contributed by atoms with E-state index in [1.807, 2.05) is 0 Å². The Morgan fingerprint density at radius 1 is 1.20 bits per heavy atom. The highest BCUT2D eigenvalue weighted by Gasteiger charge is 2.46. The number of ketones is 1. The smallest absolute Gasteiger partial charge is 0.296 e. The predicted molar refractivity (Wildman–Crippen MR) is 125 cm³/mol. The maximum atomic E-state index is 13.7. The first-order valence-corrected chi connectivity index (χ1v) is 11.2. The maximum absolute atomic E-state index is 13.7. The van der Waals surface area contributed by atoms with Gasteiger partial charge in [-0.1, -0.05) is 23.5 Å². The molecule has 2 aromatic carbocycles. The number of nitro benzene ring substituents is 1. The van der Waals surface area contributed by atoms with E-state index in [0.717, 1.165) is 16.2 Å². The normalized spacial score (nSPS) is 15.9. The minimum absolute atomic E-state index is 0.120. The molecule has 5 rings (SSSR count). The molecule has 1 aliphatic heterocycles. The quantitative estimate of drug-likeness (QED) is 0.226. The molecule has 1 atom stereocenters. The monoisotopic (exact) mass is 493 g/mol. The number of hydrogen-bond acceptors (Lipinski definition) is 8. The minimum atomic E-state index is -1.11. The summed E-state index contributed by atoms with van der Waals surface area (Å²) in [6.45, 7) is 3.27. The molecular weight excluding hydrogens is 477 g/mol. The van der Waals surface area contributed by atoms with Crippen LogP contribution in [0.2, 0.25) is 0 Å². The highest BCUT2D eigenvalue weighted by Crippen LogP contribution is 2.44. The average Bonchev–Trinajstić information content (AvgIpc) is 3.46. The van der Waals surface area contributed by atoms with Crippen molar-refractivity contribution in [1.82, 2.24) is 4.98 Å². The fourth-order valence-corrected chi connectivity index (χ4v) is 5.14. The number of Topliss-reactive ketones (excluding diaryl/α,β-unsaturated/α-hetero) is 1. The summed E-state index contributed by atoms with van der Waals surface area (Å²) in [6.07, 6.45) is 0. The number of aromatic nitrogens is 1. The number of thiazole rings is 1. The summed E-state index contributed by atoms with van der Waals surface area (Å²) in [6, 6.07) is 9.69. The van der Waals surface area contributed by atoms with E-state index < -0.39 is 34.2 Å². The average molecular weight is 493 g/mol. The first-order chi connectivity index (χ1) is 16.7. The second kappa shape index (κ2) is 8.13. The van der Waals surface area contributed by atoms with Crippen molar-refractivity contribution in [1.29, 1.82) is 0 Å². The van der Waals surface area contributed by atoms with Crippen LogP contribution in [0.3, 0.4) is 0 Å². The maximum Gasteiger partial charge on any atom is 0.296 e. The molecule has 0 aliphatic carbocycles. The topological polar surface area (TPSA) is 127 Å². The molecule has 0 saturated heterocycles. The van der Waals surface area contributed by atoms with E-state index in [4.69, 9.17) is 4.42 Å². The molecule has 0 spiro atoms. The molecule has 35 heavy (non-hydrogen) atoms. The first-order valence-electron chi connectivity index (χ1n) is 10.3. The molecule has 2 aromatic heterocycles. The molecule has 1 aliphatic rings.